The minimum atomic E-state index is -0.784. The van der Waals surface area contributed by atoms with E-state index < -0.39 is 11.7 Å². The molecular formula is C15H21N5O7S2. The SMILES string of the molecule is CC(=O)OCCSSCCOC(=O)OCCOCn1cnc2c(=O)[nH]c(N)nc21. The van der Waals surface area contributed by atoms with Crippen molar-refractivity contribution in [1.29, 1.82) is 0 Å². The predicted molar refractivity (Wildman–Crippen MR) is 107 cm³/mol. The number of imidazole rings is 1. The van der Waals surface area contributed by atoms with Crippen molar-refractivity contribution in [3.05, 3.63) is 16.7 Å². The fourth-order valence-electron chi connectivity index (χ4n) is 1.95. The number of carbonyl (C=O) groups excluding carboxylic acids is 2. The zero-order valence-electron chi connectivity index (χ0n) is 15.6. The number of nitrogens with one attached hydrogen (secondary N) is 1. The van der Waals surface area contributed by atoms with Crippen LogP contribution >= 0.6 is 21.6 Å². The summed E-state index contributed by atoms with van der Waals surface area (Å²) >= 11 is 0. The first-order valence-electron chi connectivity index (χ1n) is 8.43. The second-order valence-electron chi connectivity index (χ2n) is 5.31. The molecular weight excluding hydrogens is 426 g/mol. The first kappa shape index (κ1) is 22.8. The summed E-state index contributed by atoms with van der Waals surface area (Å²) in [6.45, 7) is 2.10. The number of rotatable bonds is 12. The number of ether oxygens (including phenoxy) is 4. The second-order valence-corrected chi connectivity index (χ2v) is 8.01. The van der Waals surface area contributed by atoms with Gasteiger partial charge in [-0.3, -0.25) is 19.1 Å². The van der Waals surface area contributed by atoms with Gasteiger partial charge >= 0.3 is 12.1 Å². The van der Waals surface area contributed by atoms with Crippen LogP contribution in [0.3, 0.4) is 0 Å². The van der Waals surface area contributed by atoms with Crippen LogP contribution in [0.2, 0.25) is 0 Å². The van der Waals surface area contributed by atoms with E-state index in [2.05, 4.69) is 15.0 Å². The minimum absolute atomic E-state index is 0.00585. The maximum Gasteiger partial charge on any atom is 0.508 e. The predicted octanol–water partition coefficient (Wildman–Crippen LogP) is 0.774. The second kappa shape index (κ2) is 12.2. The van der Waals surface area contributed by atoms with Crippen molar-refractivity contribution in [1.82, 2.24) is 19.5 Å². The van der Waals surface area contributed by atoms with Gasteiger partial charge in [0.05, 0.1) is 12.9 Å². The van der Waals surface area contributed by atoms with Crippen LogP contribution in [0.25, 0.3) is 11.2 Å². The molecule has 12 nitrogen and oxygen atoms in total. The molecule has 0 spiro atoms. The molecule has 2 rings (SSSR count). The molecule has 2 aromatic heterocycles. The summed E-state index contributed by atoms with van der Waals surface area (Å²) in [5, 5.41) is 0. The number of esters is 1. The monoisotopic (exact) mass is 447 g/mol. The molecule has 0 amide bonds. The van der Waals surface area contributed by atoms with Gasteiger partial charge in [-0.25, -0.2) is 9.78 Å². The Labute approximate surface area is 173 Å². The van der Waals surface area contributed by atoms with Crippen molar-refractivity contribution < 1.29 is 28.5 Å². The summed E-state index contributed by atoms with van der Waals surface area (Å²) < 4.78 is 21.5. The fraction of sp³-hybridized carbons (Fsp3) is 0.533. The number of fused-ring (bicyclic) bond motifs is 1. The van der Waals surface area contributed by atoms with E-state index in [1.165, 1.54) is 39.4 Å². The van der Waals surface area contributed by atoms with Gasteiger partial charge in [0.15, 0.2) is 11.2 Å². The number of hydrogen-bond donors (Lipinski definition) is 2. The van der Waals surface area contributed by atoms with E-state index >= 15 is 0 Å². The number of carbonyl (C=O) groups is 2. The lowest BCUT2D eigenvalue weighted by molar-refractivity contribution is -0.140. The Morgan fingerprint density at radius 3 is 2.55 bits per heavy atom. The molecule has 0 aliphatic rings. The van der Waals surface area contributed by atoms with Crippen molar-refractivity contribution in [2.45, 2.75) is 13.7 Å². The Morgan fingerprint density at radius 1 is 1.14 bits per heavy atom. The van der Waals surface area contributed by atoms with Crippen LogP contribution in [0, 0.1) is 0 Å². The van der Waals surface area contributed by atoms with Crippen LogP contribution < -0.4 is 11.3 Å². The van der Waals surface area contributed by atoms with Gasteiger partial charge in [-0.15, -0.1) is 0 Å². The number of aromatic amines is 1. The van der Waals surface area contributed by atoms with E-state index in [4.69, 9.17) is 24.7 Å². The Balaban J connectivity index is 1.52. The van der Waals surface area contributed by atoms with Gasteiger partial charge in [0.25, 0.3) is 5.56 Å². The fourth-order valence-corrected chi connectivity index (χ4v) is 3.60. The summed E-state index contributed by atoms with van der Waals surface area (Å²) in [5.41, 5.74) is 5.54. The average molecular weight is 447 g/mol. The normalized spacial score (nSPS) is 10.8. The molecule has 0 saturated heterocycles. The summed E-state index contributed by atoms with van der Waals surface area (Å²) in [4.78, 5) is 44.0. The molecule has 3 N–H and O–H groups in total. The third-order valence-electron chi connectivity index (χ3n) is 3.11. The minimum Gasteiger partial charge on any atom is -0.465 e. The van der Waals surface area contributed by atoms with Crippen molar-refractivity contribution in [3.8, 4) is 0 Å². The lowest BCUT2D eigenvalue weighted by atomic mass is 10.5. The molecule has 0 fully saturated rings. The molecule has 0 atom stereocenters. The van der Waals surface area contributed by atoms with Gasteiger partial charge in [-0.1, -0.05) is 21.6 Å². The summed E-state index contributed by atoms with van der Waals surface area (Å²) in [7, 11) is 3.02. The van der Waals surface area contributed by atoms with E-state index in [1.54, 1.807) is 0 Å². The standard InChI is InChI=1S/C15H21N5O7S2/c1-10(21)25-4-6-28-29-7-5-27-15(23)26-3-2-24-9-20-8-17-11-12(20)18-14(16)19-13(11)22/h8H,2-7,9H2,1H3,(H3,16,18,19,22). The Morgan fingerprint density at radius 2 is 1.83 bits per heavy atom. The van der Waals surface area contributed by atoms with Crippen molar-refractivity contribution in [2.24, 2.45) is 0 Å². The quantitative estimate of drug-likeness (QED) is 0.267. The molecule has 14 heteroatoms. The van der Waals surface area contributed by atoms with Crippen LogP contribution in [0.15, 0.2) is 11.1 Å². The van der Waals surface area contributed by atoms with Crippen LogP contribution in [0.4, 0.5) is 10.7 Å². The summed E-state index contributed by atoms with van der Waals surface area (Å²) in [6, 6.07) is 0. The first-order chi connectivity index (χ1) is 14.0. The highest BCUT2D eigenvalue weighted by Crippen LogP contribution is 2.20. The average Bonchev–Trinajstić information content (AvgIpc) is 3.06. The van der Waals surface area contributed by atoms with Crippen molar-refractivity contribution >= 4 is 50.8 Å². The Kier molecular flexibility index (Phi) is 9.59. The number of nitrogen functional groups attached to an aromatic ring is 1. The van der Waals surface area contributed by atoms with Gasteiger partial charge < -0.3 is 24.7 Å². The topological polar surface area (TPSA) is 161 Å². The van der Waals surface area contributed by atoms with Gasteiger partial charge in [0.2, 0.25) is 5.95 Å². The highest BCUT2D eigenvalue weighted by atomic mass is 33.1. The molecule has 29 heavy (non-hydrogen) atoms. The molecule has 160 valence electrons. The maximum absolute atomic E-state index is 11.7. The largest absolute Gasteiger partial charge is 0.508 e. The van der Waals surface area contributed by atoms with Crippen LogP contribution in [-0.4, -0.2) is 69.6 Å². The molecule has 0 radical (unpaired) electrons. The van der Waals surface area contributed by atoms with Crippen molar-refractivity contribution in [3.63, 3.8) is 0 Å². The van der Waals surface area contributed by atoms with Gasteiger partial charge in [0.1, 0.15) is 26.6 Å². The molecule has 0 aliphatic carbocycles. The highest BCUT2D eigenvalue weighted by Gasteiger charge is 2.09. The number of anilines is 1. The molecule has 2 heterocycles. The molecule has 0 unspecified atom stereocenters. The van der Waals surface area contributed by atoms with E-state index in [0.717, 1.165) is 0 Å². The Hall–Kier alpha value is -2.45. The third kappa shape index (κ3) is 8.21. The van der Waals surface area contributed by atoms with E-state index in [9.17, 15) is 14.4 Å². The summed E-state index contributed by atoms with van der Waals surface area (Å²) in [5.74, 6) is 0.922. The van der Waals surface area contributed by atoms with E-state index in [-0.39, 0.29) is 44.0 Å². The first-order valence-corrected chi connectivity index (χ1v) is 10.9. The third-order valence-corrected chi connectivity index (χ3v) is 5.45. The number of hydrogen-bond acceptors (Lipinski definition) is 12. The van der Waals surface area contributed by atoms with E-state index in [0.29, 0.717) is 23.8 Å². The maximum atomic E-state index is 11.7. The van der Waals surface area contributed by atoms with Gasteiger partial charge in [-0.2, -0.15) is 4.98 Å². The molecule has 0 aromatic carbocycles. The van der Waals surface area contributed by atoms with E-state index in [1.807, 2.05) is 0 Å². The smallest absolute Gasteiger partial charge is 0.465 e. The number of H-pyrrole nitrogens is 1. The number of aromatic nitrogens is 4. The zero-order chi connectivity index (χ0) is 21.1. The number of nitrogens with zero attached hydrogens (tertiary/aromatic N) is 3. The zero-order valence-corrected chi connectivity index (χ0v) is 17.3. The van der Waals surface area contributed by atoms with Crippen molar-refractivity contribution in [2.75, 3.05) is 43.7 Å². The van der Waals surface area contributed by atoms with Crippen LogP contribution in [0.5, 0.6) is 0 Å². The highest BCUT2D eigenvalue weighted by molar-refractivity contribution is 8.76. The lowest BCUT2D eigenvalue weighted by Crippen LogP contribution is -2.15. The molecule has 2 aromatic rings. The van der Waals surface area contributed by atoms with Crippen LogP contribution in [-0.2, 0) is 30.5 Å². The Bertz CT molecular complexity index is 872. The van der Waals surface area contributed by atoms with Gasteiger partial charge in [-0.05, 0) is 0 Å². The van der Waals surface area contributed by atoms with Crippen LogP contribution in [0.1, 0.15) is 6.92 Å². The summed E-state index contributed by atoms with van der Waals surface area (Å²) in [6.07, 6.45) is 0.622. The number of nitrogens with two attached hydrogens (primary N) is 1. The molecule has 0 saturated carbocycles. The van der Waals surface area contributed by atoms with Gasteiger partial charge in [0, 0.05) is 18.4 Å². The molecule has 0 bridgehead atoms. The lowest BCUT2D eigenvalue weighted by Gasteiger charge is -2.08. The molecule has 0 aliphatic heterocycles.